The van der Waals surface area contributed by atoms with Gasteiger partial charge in [-0.1, -0.05) is 30.3 Å². The lowest BCUT2D eigenvalue weighted by Crippen LogP contribution is -2.48. The quantitative estimate of drug-likeness (QED) is 0.0912. The Labute approximate surface area is 323 Å². The number of aromatic amines is 1. The van der Waals surface area contributed by atoms with Gasteiger partial charge < -0.3 is 30.7 Å². The zero-order valence-corrected chi connectivity index (χ0v) is 33.1. The summed E-state index contributed by atoms with van der Waals surface area (Å²) in [6, 6.07) is 18.3. The van der Waals surface area contributed by atoms with Crippen LogP contribution in [0.25, 0.3) is 22.0 Å². The molecule has 1 aromatic heterocycles. The van der Waals surface area contributed by atoms with Crippen molar-refractivity contribution >= 4 is 40.4 Å². The number of ether oxygens (including phenoxy) is 2. The number of aryl methyl sites for hydroxylation is 1. The van der Waals surface area contributed by atoms with Crippen molar-refractivity contribution in [3.8, 4) is 11.1 Å². The molecular weight excluding hydrogens is 697 g/mol. The number of nitrogens with one attached hydrogen (secondary N) is 5. The molecule has 12 heteroatoms. The third-order valence-electron chi connectivity index (χ3n) is 9.61. The molecule has 0 radical (unpaired) electrons. The Morgan fingerprint density at radius 1 is 0.873 bits per heavy atom. The summed E-state index contributed by atoms with van der Waals surface area (Å²) < 4.78 is 11.1. The van der Waals surface area contributed by atoms with Gasteiger partial charge in [-0.05, 0) is 133 Å². The normalized spacial score (nSPS) is 16.6. The van der Waals surface area contributed by atoms with E-state index in [1.165, 1.54) is 0 Å². The standard InChI is InChI=1S/C43H56N6O6/c1-27-22-32(38(50)44-20-21-54-42(2,3)4)17-19-35(27)30-12-8-28(9-13-30)23-37(40(52)47-34-18-16-33-26-46-49-36(33)24-34)48-39(51)31-14-10-29(11-15-31)25-45-41(53)55-43(5,6)7/h8-9,12-13,16-19,22,24,26,29,31,37H,10-11,14-15,20-21,23,25H2,1-7H3,(H,44,50)(H,45,53)(H,46,49)(H,47,52)(H,48,51). The average molecular weight is 753 g/mol. The van der Waals surface area contributed by atoms with Crippen LogP contribution in [-0.4, -0.2) is 71.0 Å². The molecule has 1 saturated carbocycles. The average Bonchev–Trinajstić information content (AvgIpc) is 3.60. The highest BCUT2D eigenvalue weighted by Crippen LogP contribution is 2.29. The van der Waals surface area contributed by atoms with Gasteiger partial charge in [-0.15, -0.1) is 0 Å². The van der Waals surface area contributed by atoms with Gasteiger partial charge in [0, 0.05) is 42.1 Å². The van der Waals surface area contributed by atoms with E-state index in [-0.39, 0.29) is 41.6 Å². The SMILES string of the molecule is Cc1cc(C(=O)NCCOC(C)(C)C)ccc1-c1ccc(CC(NC(=O)C2CCC(CNC(=O)OC(C)(C)C)CC2)C(=O)Nc2ccc3cn[nH]c3c2)cc1. The van der Waals surface area contributed by atoms with E-state index in [2.05, 4.69) is 31.5 Å². The molecule has 1 heterocycles. The lowest BCUT2D eigenvalue weighted by molar-refractivity contribution is -0.130. The predicted molar refractivity (Wildman–Crippen MR) is 215 cm³/mol. The van der Waals surface area contributed by atoms with Crippen LogP contribution in [0.1, 0.15) is 88.7 Å². The Morgan fingerprint density at radius 2 is 1.60 bits per heavy atom. The molecule has 4 amide bonds. The Hall–Kier alpha value is -5.23. The van der Waals surface area contributed by atoms with Crippen molar-refractivity contribution < 1.29 is 28.7 Å². The molecule has 0 aliphatic heterocycles. The van der Waals surface area contributed by atoms with Gasteiger partial charge in [-0.2, -0.15) is 5.10 Å². The van der Waals surface area contributed by atoms with Gasteiger partial charge in [0.25, 0.3) is 5.91 Å². The minimum Gasteiger partial charge on any atom is -0.444 e. The third-order valence-corrected chi connectivity index (χ3v) is 9.61. The number of amides is 4. The summed E-state index contributed by atoms with van der Waals surface area (Å²) in [5.74, 6) is -0.604. The number of carbonyl (C=O) groups is 4. The number of anilines is 1. The smallest absolute Gasteiger partial charge is 0.407 e. The third kappa shape index (κ3) is 12.4. The summed E-state index contributed by atoms with van der Waals surface area (Å²) in [6.45, 7) is 14.8. The fraction of sp³-hybridized carbons (Fsp3) is 0.465. The molecule has 1 fully saturated rings. The van der Waals surface area contributed by atoms with E-state index in [0.29, 0.717) is 43.8 Å². The maximum atomic E-state index is 13.8. The Balaban J connectivity index is 1.22. The molecule has 4 aromatic rings. The molecule has 294 valence electrons. The largest absolute Gasteiger partial charge is 0.444 e. The predicted octanol–water partition coefficient (Wildman–Crippen LogP) is 7.08. The van der Waals surface area contributed by atoms with E-state index in [1.807, 2.05) is 109 Å². The van der Waals surface area contributed by atoms with E-state index in [0.717, 1.165) is 46.0 Å². The lowest BCUT2D eigenvalue weighted by atomic mass is 9.81. The van der Waals surface area contributed by atoms with E-state index in [4.69, 9.17) is 9.47 Å². The van der Waals surface area contributed by atoms with Crippen LogP contribution in [0.2, 0.25) is 0 Å². The highest BCUT2D eigenvalue weighted by atomic mass is 16.6. The first-order chi connectivity index (χ1) is 26.0. The summed E-state index contributed by atoms with van der Waals surface area (Å²) in [5, 5.41) is 19.8. The van der Waals surface area contributed by atoms with E-state index >= 15 is 0 Å². The zero-order chi connectivity index (χ0) is 39.8. The number of aromatic nitrogens is 2. The van der Waals surface area contributed by atoms with Crippen LogP contribution >= 0.6 is 0 Å². The van der Waals surface area contributed by atoms with Crippen LogP contribution in [-0.2, 0) is 25.5 Å². The molecule has 0 saturated heterocycles. The molecule has 0 spiro atoms. The van der Waals surface area contributed by atoms with Crippen molar-refractivity contribution in [2.24, 2.45) is 11.8 Å². The molecule has 1 atom stereocenters. The van der Waals surface area contributed by atoms with Gasteiger partial charge in [-0.25, -0.2) is 4.79 Å². The first kappa shape index (κ1) is 40.9. The molecule has 3 aromatic carbocycles. The Morgan fingerprint density at radius 3 is 2.27 bits per heavy atom. The van der Waals surface area contributed by atoms with E-state index in [9.17, 15) is 19.2 Å². The van der Waals surface area contributed by atoms with Crippen molar-refractivity contribution in [2.45, 2.75) is 97.8 Å². The van der Waals surface area contributed by atoms with Gasteiger partial charge in [-0.3, -0.25) is 19.5 Å². The molecule has 1 unspecified atom stereocenters. The van der Waals surface area contributed by atoms with Gasteiger partial charge in [0.2, 0.25) is 11.8 Å². The second kappa shape index (κ2) is 17.9. The number of H-pyrrole nitrogens is 1. The summed E-state index contributed by atoms with van der Waals surface area (Å²) in [6.07, 6.45) is 4.47. The number of hydrogen-bond acceptors (Lipinski definition) is 7. The van der Waals surface area contributed by atoms with Crippen molar-refractivity contribution in [3.63, 3.8) is 0 Å². The minimum atomic E-state index is -0.823. The fourth-order valence-electron chi connectivity index (χ4n) is 6.72. The van der Waals surface area contributed by atoms with Crippen LogP contribution in [0.15, 0.2) is 66.9 Å². The molecule has 5 N–H and O–H groups in total. The highest BCUT2D eigenvalue weighted by molar-refractivity contribution is 5.99. The number of fused-ring (bicyclic) bond motifs is 1. The summed E-state index contributed by atoms with van der Waals surface area (Å²) in [7, 11) is 0. The second-order valence-corrected chi connectivity index (χ2v) is 16.5. The van der Waals surface area contributed by atoms with Crippen LogP contribution in [0.4, 0.5) is 10.5 Å². The summed E-state index contributed by atoms with van der Waals surface area (Å²) in [5.41, 5.74) is 4.95. The molecule has 55 heavy (non-hydrogen) atoms. The highest BCUT2D eigenvalue weighted by Gasteiger charge is 2.30. The van der Waals surface area contributed by atoms with Crippen molar-refractivity contribution in [1.29, 1.82) is 0 Å². The Bertz CT molecular complexity index is 1950. The fourth-order valence-corrected chi connectivity index (χ4v) is 6.72. The number of alkyl carbamates (subject to hydrolysis) is 1. The molecule has 1 aliphatic carbocycles. The summed E-state index contributed by atoms with van der Waals surface area (Å²) in [4.78, 5) is 52.4. The second-order valence-electron chi connectivity index (χ2n) is 16.5. The number of rotatable bonds is 13. The van der Waals surface area contributed by atoms with Gasteiger partial charge in [0.05, 0.1) is 23.9 Å². The molecule has 5 rings (SSSR count). The topological polar surface area (TPSA) is 164 Å². The Kier molecular flexibility index (Phi) is 13.4. The van der Waals surface area contributed by atoms with Crippen LogP contribution in [0, 0.1) is 18.8 Å². The number of nitrogens with zero attached hydrogens (tertiary/aromatic N) is 1. The molecule has 0 bridgehead atoms. The molecular formula is C43H56N6O6. The van der Waals surface area contributed by atoms with Gasteiger partial charge in [0.1, 0.15) is 11.6 Å². The number of hydrogen-bond donors (Lipinski definition) is 5. The zero-order valence-electron chi connectivity index (χ0n) is 33.1. The van der Waals surface area contributed by atoms with E-state index < -0.39 is 17.7 Å². The maximum Gasteiger partial charge on any atom is 0.407 e. The van der Waals surface area contributed by atoms with Gasteiger partial charge in [0.15, 0.2) is 0 Å². The number of benzene rings is 3. The van der Waals surface area contributed by atoms with Crippen molar-refractivity contribution in [2.75, 3.05) is 25.0 Å². The maximum absolute atomic E-state index is 13.8. The van der Waals surface area contributed by atoms with Gasteiger partial charge >= 0.3 is 6.09 Å². The van der Waals surface area contributed by atoms with E-state index in [1.54, 1.807) is 6.20 Å². The number of carbonyl (C=O) groups excluding carboxylic acids is 4. The lowest BCUT2D eigenvalue weighted by Gasteiger charge is -2.29. The first-order valence-electron chi connectivity index (χ1n) is 19.2. The van der Waals surface area contributed by atoms with Crippen LogP contribution < -0.4 is 21.3 Å². The first-order valence-corrected chi connectivity index (χ1v) is 19.2. The van der Waals surface area contributed by atoms with Crippen LogP contribution in [0.3, 0.4) is 0 Å². The minimum absolute atomic E-state index is 0.151. The monoisotopic (exact) mass is 752 g/mol. The molecule has 12 nitrogen and oxygen atoms in total. The molecule has 1 aliphatic rings. The van der Waals surface area contributed by atoms with Crippen molar-refractivity contribution in [1.82, 2.24) is 26.1 Å². The van der Waals surface area contributed by atoms with Crippen LogP contribution in [0.5, 0.6) is 0 Å². The van der Waals surface area contributed by atoms with Crippen molar-refractivity contribution in [3.05, 3.63) is 83.6 Å². The summed E-state index contributed by atoms with van der Waals surface area (Å²) >= 11 is 0.